The van der Waals surface area contributed by atoms with Crippen molar-refractivity contribution in [3.8, 4) is 0 Å². The zero-order valence-corrected chi connectivity index (χ0v) is 12.1. The standard InChI is InChI=1S/C7H14O12S2/c1-16-5-4(8)3(2-17-20(10,11)12)18-7(9)6(5)19-21(13,14)15/h3-9H,2H2,1H3,(H,10,11,12)(H,13,14,15)/t3-,4-,5+,6-,7?/m1/s1. The normalized spacial score (nSPS) is 34.8. The van der Waals surface area contributed by atoms with E-state index in [0.717, 1.165) is 7.11 Å². The van der Waals surface area contributed by atoms with Gasteiger partial charge < -0.3 is 19.7 Å². The van der Waals surface area contributed by atoms with Crippen LogP contribution in [0.4, 0.5) is 0 Å². The van der Waals surface area contributed by atoms with E-state index in [4.69, 9.17) is 18.6 Å². The molecular weight excluding hydrogens is 340 g/mol. The van der Waals surface area contributed by atoms with E-state index in [0.29, 0.717) is 0 Å². The summed E-state index contributed by atoms with van der Waals surface area (Å²) in [6.07, 6.45) is -8.46. The van der Waals surface area contributed by atoms with Gasteiger partial charge in [-0.15, -0.1) is 0 Å². The van der Waals surface area contributed by atoms with Crippen molar-refractivity contribution in [2.24, 2.45) is 0 Å². The summed E-state index contributed by atoms with van der Waals surface area (Å²) in [7, 11) is -8.75. The first kappa shape index (κ1) is 18.6. The Hall–Kier alpha value is -0.420. The zero-order chi connectivity index (χ0) is 16.4. The Bertz CT molecular complexity index is 540. The maximum absolute atomic E-state index is 10.6. The Kier molecular flexibility index (Phi) is 6.01. The molecule has 1 aliphatic rings. The molecule has 0 aromatic heterocycles. The number of methoxy groups -OCH3 is 1. The van der Waals surface area contributed by atoms with E-state index in [1.54, 1.807) is 0 Å². The average Bonchev–Trinajstić information content (AvgIpc) is 2.29. The first-order valence-electron chi connectivity index (χ1n) is 5.26. The Morgan fingerprint density at radius 2 is 1.62 bits per heavy atom. The molecule has 1 saturated heterocycles. The highest BCUT2D eigenvalue weighted by Crippen LogP contribution is 2.25. The van der Waals surface area contributed by atoms with Crippen LogP contribution in [0.2, 0.25) is 0 Å². The summed E-state index contributed by atoms with van der Waals surface area (Å²) in [5, 5.41) is 19.4. The fourth-order valence-corrected chi connectivity index (χ4v) is 2.50. The molecule has 0 aromatic carbocycles. The molecule has 5 atom stereocenters. The van der Waals surface area contributed by atoms with Crippen molar-refractivity contribution >= 4 is 20.8 Å². The van der Waals surface area contributed by atoms with E-state index in [9.17, 15) is 27.0 Å². The average molecular weight is 354 g/mol. The molecule has 1 unspecified atom stereocenters. The third-order valence-corrected chi connectivity index (χ3v) is 3.42. The van der Waals surface area contributed by atoms with Crippen molar-refractivity contribution in [3.63, 3.8) is 0 Å². The summed E-state index contributed by atoms with van der Waals surface area (Å²) in [5.74, 6) is 0. The second kappa shape index (κ2) is 6.78. The molecule has 0 saturated carbocycles. The molecule has 0 radical (unpaired) electrons. The maximum atomic E-state index is 10.6. The number of aliphatic hydroxyl groups excluding tert-OH is 2. The number of rotatable bonds is 6. The zero-order valence-electron chi connectivity index (χ0n) is 10.5. The molecule has 0 aromatic rings. The summed E-state index contributed by atoms with van der Waals surface area (Å²) in [4.78, 5) is 0. The van der Waals surface area contributed by atoms with Crippen LogP contribution in [0.25, 0.3) is 0 Å². The smallest absolute Gasteiger partial charge is 0.387 e. The lowest BCUT2D eigenvalue weighted by Gasteiger charge is -2.40. The highest BCUT2D eigenvalue weighted by Gasteiger charge is 2.48. The monoisotopic (exact) mass is 354 g/mol. The Morgan fingerprint density at radius 3 is 2.05 bits per heavy atom. The van der Waals surface area contributed by atoms with Crippen LogP contribution in [0.1, 0.15) is 0 Å². The molecule has 0 amide bonds. The second-order valence-electron chi connectivity index (χ2n) is 3.96. The third kappa shape index (κ3) is 5.70. The number of aliphatic hydroxyl groups is 2. The third-order valence-electron chi connectivity index (χ3n) is 2.52. The lowest BCUT2D eigenvalue weighted by molar-refractivity contribution is -0.283. The van der Waals surface area contributed by atoms with Gasteiger partial charge in [-0.05, 0) is 0 Å². The fourth-order valence-electron chi connectivity index (χ4n) is 1.71. The van der Waals surface area contributed by atoms with Gasteiger partial charge in [0.2, 0.25) is 0 Å². The molecule has 14 heteroatoms. The van der Waals surface area contributed by atoms with Crippen LogP contribution < -0.4 is 0 Å². The maximum Gasteiger partial charge on any atom is 0.397 e. The largest absolute Gasteiger partial charge is 0.397 e. The van der Waals surface area contributed by atoms with Crippen LogP contribution >= 0.6 is 0 Å². The Labute approximate surface area is 120 Å². The minimum Gasteiger partial charge on any atom is -0.387 e. The van der Waals surface area contributed by atoms with E-state index < -0.39 is 58.1 Å². The Balaban J connectivity index is 2.85. The molecular formula is C7H14O12S2. The van der Waals surface area contributed by atoms with Gasteiger partial charge in [-0.2, -0.15) is 16.8 Å². The minimum absolute atomic E-state index is 0.879. The molecule has 1 heterocycles. The van der Waals surface area contributed by atoms with E-state index in [2.05, 4.69) is 8.37 Å². The Morgan fingerprint density at radius 1 is 1.05 bits per heavy atom. The number of ether oxygens (including phenoxy) is 2. The fraction of sp³-hybridized carbons (Fsp3) is 1.00. The summed E-state index contributed by atoms with van der Waals surface area (Å²) in [6, 6.07) is 0. The lowest BCUT2D eigenvalue weighted by Crippen LogP contribution is -2.60. The van der Waals surface area contributed by atoms with E-state index >= 15 is 0 Å². The molecule has 0 bridgehead atoms. The van der Waals surface area contributed by atoms with Crippen LogP contribution in [0.5, 0.6) is 0 Å². The van der Waals surface area contributed by atoms with Gasteiger partial charge in [0.15, 0.2) is 12.4 Å². The van der Waals surface area contributed by atoms with Crippen LogP contribution in [0.15, 0.2) is 0 Å². The molecule has 4 N–H and O–H groups in total. The summed E-state index contributed by atoms with van der Waals surface area (Å²) in [6.45, 7) is -0.879. The van der Waals surface area contributed by atoms with Gasteiger partial charge in [0.05, 0.1) is 6.61 Å². The molecule has 126 valence electrons. The second-order valence-corrected chi connectivity index (χ2v) is 6.10. The van der Waals surface area contributed by atoms with Crippen LogP contribution in [-0.2, 0) is 38.6 Å². The van der Waals surface area contributed by atoms with Gasteiger partial charge in [0.25, 0.3) is 0 Å². The number of hydrogen-bond acceptors (Lipinski definition) is 10. The molecule has 1 rings (SSSR count). The highest BCUT2D eigenvalue weighted by molar-refractivity contribution is 7.81. The predicted molar refractivity (Wildman–Crippen MR) is 61.6 cm³/mol. The highest BCUT2D eigenvalue weighted by atomic mass is 32.3. The van der Waals surface area contributed by atoms with Crippen molar-refractivity contribution in [1.29, 1.82) is 0 Å². The van der Waals surface area contributed by atoms with Crippen LogP contribution in [0.3, 0.4) is 0 Å². The van der Waals surface area contributed by atoms with E-state index in [1.165, 1.54) is 0 Å². The molecule has 0 aliphatic carbocycles. The van der Waals surface area contributed by atoms with Crippen molar-refractivity contribution in [2.75, 3.05) is 13.7 Å². The van der Waals surface area contributed by atoms with Crippen molar-refractivity contribution in [1.82, 2.24) is 0 Å². The van der Waals surface area contributed by atoms with Gasteiger partial charge in [0.1, 0.15) is 18.3 Å². The van der Waals surface area contributed by atoms with Gasteiger partial charge >= 0.3 is 20.8 Å². The van der Waals surface area contributed by atoms with E-state index in [-0.39, 0.29) is 0 Å². The predicted octanol–water partition coefficient (Wildman–Crippen LogP) is -2.91. The SMILES string of the molecule is CO[C@H]1[C@H](O)[C@@H](COS(=O)(=O)O)OC(O)[C@@H]1OS(=O)(=O)O. The topological polar surface area (TPSA) is 186 Å². The molecule has 1 aliphatic heterocycles. The van der Waals surface area contributed by atoms with Crippen molar-refractivity contribution in [3.05, 3.63) is 0 Å². The first-order chi connectivity index (χ1) is 9.44. The summed E-state index contributed by atoms with van der Waals surface area (Å²) >= 11 is 0. The molecule has 12 nitrogen and oxygen atoms in total. The van der Waals surface area contributed by atoms with Crippen molar-refractivity contribution < 1.29 is 54.0 Å². The summed E-state index contributed by atoms with van der Waals surface area (Å²) in [5.41, 5.74) is 0. The van der Waals surface area contributed by atoms with Crippen molar-refractivity contribution in [2.45, 2.75) is 30.7 Å². The summed E-state index contributed by atoms with van der Waals surface area (Å²) < 4.78 is 76.7. The van der Waals surface area contributed by atoms with Gasteiger partial charge in [-0.1, -0.05) is 0 Å². The van der Waals surface area contributed by atoms with Gasteiger partial charge in [0, 0.05) is 7.11 Å². The molecule has 21 heavy (non-hydrogen) atoms. The lowest BCUT2D eigenvalue weighted by atomic mass is 9.99. The first-order valence-corrected chi connectivity index (χ1v) is 7.99. The van der Waals surface area contributed by atoms with Gasteiger partial charge in [-0.25, -0.2) is 8.37 Å². The minimum atomic E-state index is -4.97. The van der Waals surface area contributed by atoms with Gasteiger partial charge in [-0.3, -0.25) is 9.11 Å². The molecule has 0 spiro atoms. The van der Waals surface area contributed by atoms with E-state index in [1.807, 2.05) is 0 Å². The van der Waals surface area contributed by atoms with Crippen LogP contribution in [-0.4, -0.2) is 80.6 Å². The quantitative estimate of drug-likeness (QED) is 0.357. The number of hydrogen-bond donors (Lipinski definition) is 4. The molecule has 1 fully saturated rings. The van der Waals surface area contributed by atoms with Crippen LogP contribution in [0, 0.1) is 0 Å².